The summed E-state index contributed by atoms with van der Waals surface area (Å²) in [5, 5.41) is 0.499. The summed E-state index contributed by atoms with van der Waals surface area (Å²) in [7, 11) is -3.55. The Morgan fingerprint density at radius 3 is 2.38 bits per heavy atom. The molecule has 1 aromatic rings. The third kappa shape index (κ3) is 3.10. The molecule has 1 rings (SSSR count). The number of alkyl halides is 1. The van der Waals surface area contributed by atoms with Gasteiger partial charge in [-0.25, -0.2) is 0 Å². The van der Waals surface area contributed by atoms with Crippen molar-refractivity contribution in [1.82, 2.24) is 0 Å². The molecule has 0 saturated heterocycles. The van der Waals surface area contributed by atoms with Crippen molar-refractivity contribution in [3.63, 3.8) is 0 Å². The molecule has 1 aromatic carbocycles. The molecule has 0 heterocycles. The van der Waals surface area contributed by atoms with Crippen molar-refractivity contribution in [2.24, 2.45) is 0 Å². The minimum atomic E-state index is -3.55. The van der Waals surface area contributed by atoms with Gasteiger partial charge in [-0.15, -0.1) is 0 Å². The van der Waals surface area contributed by atoms with Crippen molar-refractivity contribution in [3.05, 3.63) is 30.3 Å². The van der Waals surface area contributed by atoms with Gasteiger partial charge in [0.2, 0.25) is 0 Å². The highest BCUT2D eigenvalue weighted by atomic mass is 79.9. The van der Waals surface area contributed by atoms with Gasteiger partial charge in [-0.05, 0) is 12.1 Å². The van der Waals surface area contributed by atoms with Gasteiger partial charge in [0, 0.05) is 5.33 Å². The summed E-state index contributed by atoms with van der Waals surface area (Å²) in [6, 6.07) is 8.07. The summed E-state index contributed by atoms with van der Waals surface area (Å²) in [6.45, 7) is 0.150. The Hall–Kier alpha value is -0.390. The Bertz CT molecular complexity index is 347. The average molecular weight is 265 g/mol. The van der Waals surface area contributed by atoms with Gasteiger partial charge < -0.3 is 0 Å². The number of rotatable bonds is 4. The van der Waals surface area contributed by atoms with E-state index in [1.165, 1.54) is 12.1 Å². The zero-order valence-corrected chi connectivity index (χ0v) is 9.21. The topological polar surface area (TPSA) is 43.4 Å². The minimum absolute atomic E-state index is 0.150. The van der Waals surface area contributed by atoms with Gasteiger partial charge in [0.15, 0.2) is 0 Å². The largest absolute Gasteiger partial charge is 0.296 e. The predicted molar refractivity (Wildman–Crippen MR) is 53.4 cm³/mol. The van der Waals surface area contributed by atoms with Gasteiger partial charge in [-0.3, -0.25) is 4.18 Å². The van der Waals surface area contributed by atoms with Crippen molar-refractivity contribution < 1.29 is 12.6 Å². The van der Waals surface area contributed by atoms with Crippen LogP contribution in [-0.2, 0) is 14.3 Å². The third-order valence-corrected chi connectivity index (χ3v) is 3.00. The Morgan fingerprint density at radius 1 is 1.23 bits per heavy atom. The molecule has 0 N–H and O–H groups in total. The predicted octanol–water partition coefficient (Wildman–Crippen LogP) is 1.79. The fourth-order valence-electron chi connectivity index (χ4n) is 0.796. The van der Waals surface area contributed by atoms with E-state index >= 15 is 0 Å². The fraction of sp³-hybridized carbons (Fsp3) is 0.250. The smallest absolute Gasteiger partial charge is 0.265 e. The normalized spacial score (nSPS) is 11.5. The van der Waals surface area contributed by atoms with Crippen LogP contribution in [0.15, 0.2) is 35.2 Å². The van der Waals surface area contributed by atoms with E-state index in [9.17, 15) is 8.42 Å². The second-order valence-electron chi connectivity index (χ2n) is 2.28. The summed E-state index contributed by atoms with van der Waals surface area (Å²) in [5.41, 5.74) is 0. The Morgan fingerprint density at radius 2 is 1.85 bits per heavy atom. The molecule has 0 radical (unpaired) electrons. The lowest BCUT2D eigenvalue weighted by Crippen LogP contribution is -2.07. The molecule has 0 amide bonds. The van der Waals surface area contributed by atoms with Gasteiger partial charge in [0.05, 0.1) is 11.5 Å². The lowest BCUT2D eigenvalue weighted by molar-refractivity contribution is 0.342. The van der Waals surface area contributed by atoms with Crippen LogP contribution >= 0.6 is 15.9 Å². The van der Waals surface area contributed by atoms with Gasteiger partial charge in [0.1, 0.15) is 0 Å². The van der Waals surface area contributed by atoms with Crippen LogP contribution in [0, 0.1) is 0 Å². The van der Waals surface area contributed by atoms with Crippen LogP contribution in [0.2, 0.25) is 0 Å². The molecule has 0 atom stereocenters. The maximum absolute atomic E-state index is 11.3. The molecule has 72 valence electrons. The first-order valence-corrected chi connectivity index (χ1v) is 6.20. The van der Waals surface area contributed by atoms with Crippen LogP contribution in [0.1, 0.15) is 0 Å². The second kappa shape index (κ2) is 4.74. The van der Waals surface area contributed by atoms with Crippen LogP contribution in [0.3, 0.4) is 0 Å². The highest BCUT2D eigenvalue weighted by Crippen LogP contribution is 2.10. The first kappa shape index (κ1) is 10.7. The third-order valence-electron chi connectivity index (χ3n) is 1.35. The lowest BCUT2D eigenvalue weighted by Gasteiger charge is -2.02. The molecule has 0 aliphatic heterocycles. The minimum Gasteiger partial charge on any atom is -0.265 e. The Kier molecular flexibility index (Phi) is 3.90. The molecule has 0 aromatic heterocycles. The maximum atomic E-state index is 11.3. The summed E-state index contributed by atoms with van der Waals surface area (Å²) in [6.07, 6.45) is 0. The second-order valence-corrected chi connectivity index (χ2v) is 4.69. The standard InChI is InChI=1S/C8H9BrO3S/c9-6-7-12-13(10,11)8-4-2-1-3-5-8/h1-5H,6-7H2. The van der Waals surface area contributed by atoms with E-state index in [1.807, 2.05) is 0 Å². The van der Waals surface area contributed by atoms with E-state index in [2.05, 4.69) is 15.9 Å². The Labute approximate surface area is 86.0 Å². The zero-order valence-electron chi connectivity index (χ0n) is 6.81. The molecule has 0 aliphatic carbocycles. The first-order valence-electron chi connectivity index (χ1n) is 3.67. The van der Waals surface area contributed by atoms with Crippen molar-refractivity contribution in [1.29, 1.82) is 0 Å². The van der Waals surface area contributed by atoms with Crippen molar-refractivity contribution in [2.75, 3.05) is 11.9 Å². The SMILES string of the molecule is O=S(=O)(OCCBr)c1ccccc1. The van der Waals surface area contributed by atoms with E-state index < -0.39 is 10.1 Å². The van der Waals surface area contributed by atoms with E-state index in [4.69, 9.17) is 4.18 Å². The van der Waals surface area contributed by atoms with Crippen LogP contribution in [0.4, 0.5) is 0 Å². The van der Waals surface area contributed by atoms with Gasteiger partial charge in [-0.2, -0.15) is 8.42 Å². The molecular weight excluding hydrogens is 256 g/mol. The molecular formula is C8H9BrO3S. The van der Waals surface area contributed by atoms with E-state index in [0.29, 0.717) is 5.33 Å². The van der Waals surface area contributed by atoms with Gasteiger partial charge in [0.25, 0.3) is 10.1 Å². The number of hydrogen-bond acceptors (Lipinski definition) is 3. The first-order chi connectivity index (χ1) is 6.17. The van der Waals surface area contributed by atoms with E-state index in [0.717, 1.165) is 0 Å². The van der Waals surface area contributed by atoms with Crippen LogP contribution in [0.25, 0.3) is 0 Å². The molecule has 3 nitrogen and oxygen atoms in total. The highest BCUT2D eigenvalue weighted by molar-refractivity contribution is 9.09. The summed E-state index contributed by atoms with van der Waals surface area (Å²) < 4.78 is 27.4. The number of benzene rings is 1. The quantitative estimate of drug-likeness (QED) is 0.615. The van der Waals surface area contributed by atoms with Crippen molar-refractivity contribution >= 4 is 26.0 Å². The number of halogens is 1. The van der Waals surface area contributed by atoms with Crippen LogP contribution < -0.4 is 0 Å². The van der Waals surface area contributed by atoms with Gasteiger partial charge >= 0.3 is 0 Å². The summed E-state index contributed by atoms with van der Waals surface area (Å²) in [5.74, 6) is 0. The maximum Gasteiger partial charge on any atom is 0.296 e. The van der Waals surface area contributed by atoms with E-state index in [1.54, 1.807) is 18.2 Å². The van der Waals surface area contributed by atoms with Crippen LogP contribution in [0.5, 0.6) is 0 Å². The van der Waals surface area contributed by atoms with Crippen molar-refractivity contribution in [2.45, 2.75) is 4.90 Å². The molecule has 0 spiro atoms. The van der Waals surface area contributed by atoms with Crippen molar-refractivity contribution in [3.8, 4) is 0 Å². The fourth-order valence-corrected chi connectivity index (χ4v) is 2.10. The molecule has 0 aliphatic rings. The lowest BCUT2D eigenvalue weighted by atomic mass is 10.4. The molecule has 0 fully saturated rings. The number of hydrogen-bond donors (Lipinski definition) is 0. The van der Waals surface area contributed by atoms with Crippen LogP contribution in [-0.4, -0.2) is 20.4 Å². The molecule has 13 heavy (non-hydrogen) atoms. The van der Waals surface area contributed by atoms with E-state index in [-0.39, 0.29) is 11.5 Å². The Balaban J connectivity index is 2.83. The van der Waals surface area contributed by atoms with Gasteiger partial charge in [-0.1, -0.05) is 34.1 Å². The molecule has 0 bridgehead atoms. The summed E-state index contributed by atoms with van der Waals surface area (Å²) >= 11 is 3.09. The summed E-state index contributed by atoms with van der Waals surface area (Å²) in [4.78, 5) is 0.191. The monoisotopic (exact) mass is 264 g/mol. The molecule has 5 heteroatoms. The highest BCUT2D eigenvalue weighted by Gasteiger charge is 2.12. The molecule has 0 saturated carbocycles. The molecule has 0 unspecified atom stereocenters. The average Bonchev–Trinajstić information content (AvgIpc) is 2.16. The zero-order chi connectivity index (χ0) is 9.73.